The third-order valence-corrected chi connectivity index (χ3v) is 3.23. The SMILES string of the molecule is CC(C)(C)[C@@H]1CN[C@H](C(C)(C)C)CN1. The molecule has 1 aliphatic heterocycles. The molecule has 2 heteroatoms. The summed E-state index contributed by atoms with van der Waals surface area (Å²) in [5.41, 5.74) is 0.714. The molecule has 0 aromatic heterocycles. The Hall–Kier alpha value is -0.0800. The lowest BCUT2D eigenvalue weighted by Crippen LogP contribution is -2.61. The molecule has 0 bridgehead atoms. The number of piperazine rings is 1. The molecule has 0 saturated carbocycles. The lowest BCUT2D eigenvalue weighted by molar-refractivity contribution is 0.161. The van der Waals surface area contributed by atoms with Gasteiger partial charge in [0, 0.05) is 25.2 Å². The highest BCUT2D eigenvalue weighted by Crippen LogP contribution is 2.25. The molecule has 2 N–H and O–H groups in total. The van der Waals surface area contributed by atoms with Crippen LogP contribution in [0.3, 0.4) is 0 Å². The van der Waals surface area contributed by atoms with E-state index in [0.717, 1.165) is 13.1 Å². The van der Waals surface area contributed by atoms with Gasteiger partial charge in [-0.05, 0) is 10.8 Å². The minimum absolute atomic E-state index is 0.357. The van der Waals surface area contributed by atoms with Crippen LogP contribution < -0.4 is 10.6 Å². The van der Waals surface area contributed by atoms with Crippen molar-refractivity contribution in [3.8, 4) is 0 Å². The maximum absolute atomic E-state index is 3.65. The van der Waals surface area contributed by atoms with Crippen molar-refractivity contribution in [2.75, 3.05) is 13.1 Å². The van der Waals surface area contributed by atoms with Crippen molar-refractivity contribution in [2.24, 2.45) is 10.8 Å². The van der Waals surface area contributed by atoms with E-state index in [-0.39, 0.29) is 0 Å². The van der Waals surface area contributed by atoms with Crippen LogP contribution in [0, 0.1) is 10.8 Å². The topological polar surface area (TPSA) is 24.1 Å². The zero-order valence-electron chi connectivity index (χ0n) is 10.6. The van der Waals surface area contributed by atoms with Crippen molar-refractivity contribution in [1.29, 1.82) is 0 Å². The molecule has 0 amide bonds. The fraction of sp³-hybridized carbons (Fsp3) is 1.00. The minimum atomic E-state index is 0.357. The van der Waals surface area contributed by atoms with Crippen LogP contribution in [-0.4, -0.2) is 25.2 Å². The zero-order chi connectivity index (χ0) is 11.0. The second-order valence-electron chi connectivity index (χ2n) is 6.65. The van der Waals surface area contributed by atoms with Gasteiger partial charge in [-0.25, -0.2) is 0 Å². The molecule has 1 rings (SSSR count). The largest absolute Gasteiger partial charge is 0.311 e. The Balaban J connectivity index is 2.47. The molecule has 2 atom stereocenters. The molecule has 14 heavy (non-hydrogen) atoms. The summed E-state index contributed by atoms with van der Waals surface area (Å²) in [7, 11) is 0. The molecule has 1 saturated heterocycles. The Morgan fingerprint density at radius 3 is 1.14 bits per heavy atom. The lowest BCUT2D eigenvalue weighted by atomic mass is 9.81. The lowest BCUT2D eigenvalue weighted by Gasteiger charge is -2.43. The number of rotatable bonds is 0. The summed E-state index contributed by atoms with van der Waals surface area (Å²) in [5.74, 6) is 0. The maximum atomic E-state index is 3.65. The first-order chi connectivity index (χ1) is 6.21. The van der Waals surface area contributed by atoms with E-state index in [4.69, 9.17) is 0 Å². The smallest absolute Gasteiger partial charge is 0.0241 e. The predicted molar refractivity (Wildman–Crippen MR) is 62.5 cm³/mol. The molecule has 84 valence electrons. The average molecular weight is 198 g/mol. The third-order valence-electron chi connectivity index (χ3n) is 3.23. The summed E-state index contributed by atoms with van der Waals surface area (Å²) in [6.45, 7) is 15.9. The van der Waals surface area contributed by atoms with Gasteiger partial charge in [-0.1, -0.05) is 41.5 Å². The number of hydrogen-bond acceptors (Lipinski definition) is 2. The molecule has 1 heterocycles. The van der Waals surface area contributed by atoms with Crippen LogP contribution in [0.2, 0.25) is 0 Å². The standard InChI is InChI=1S/C12H26N2/c1-11(2,3)9-7-14-10(8-13-9)12(4,5)6/h9-10,13-14H,7-8H2,1-6H3/t9-,10-/m0/s1. The summed E-state index contributed by atoms with van der Waals surface area (Å²) >= 11 is 0. The quantitative estimate of drug-likeness (QED) is 0.622. The van der Waals surface area contributed by atoms with Gasteiger partial charge in [-0.15, -0.1) is 0 Å². The summed E-state index contributed by atoms with van der Waals surface area (Å²) in [6, 6.07) is 1.20. The molecule has 0 radical (unpaired) electrons. The highest BCUT2D eigenvalue weighted by Gasteiger charge is 2.33. The van der Waals surface area contributed by atoms with Crippen molar-refractivity contribution in [2.45, 2.75) is 53.6 Å². The van der Waals surface area contributed by atoms with Gasteiger partial charge < -0.3 is 10.6 Å². The Labute approximate surface area is 88.8 Å². The van der Waals surface area contributed by atoms with Crippen molar-refractivity contribution >= 4 is 0 Å². The molecule has 1 fully saturated rings. The van der Waals surface area contributed by atoms with Gasteiger partial charge in [0.1, 0.15) is 0 Å². The molecule has 0 aromatic rings. The molecule has 0 aromatic carbocycles. The molecule has 2 nitrogen and oxygen atoms in total. The van der Waals surface area contributed by atoms with E-state index in [2.05, 4.69) is 52.2 Å². The maximum Gasteiger partial charge on any atom is 0.0241 e. The normalized spacial score (nSPS) is 30.4. The van der Waals surface area contributed by atoms with Crippen molar-refractivity contribution < 1.29 is 0 Å². The van der Waals surface area contributed by atoms with Crippen LogP contribution in [0.4, 0.5) is 0 Å². The Bertz CT molecular complexity index is 155. The van der Waals surface area contributed by atoms with Crippen LogP contribution in [0.25, 0.3) is 0 Å². The van der Waals surface area contributed by atoms with Gasteiger partial charge in [-0.3, -0.25) is 0 Å². The van der Waals surface area contributed by atoms with Crippen LogP contribution in [0.15, 0.2) is 0 Å². The molecular weight excluding hydrogens is 172 g/mol. The van der Waals surface area contributed by atoms with Crippen LogP contribution in [-0.2, 0) is 0 Å². The zero-order valence-corrected chi connectivity index (χ0v) is 10.6. The highest BCUT2D eigenvalue weighted by atomic mass is 15.1. The summed E-state index contributed by atoms with van der Waals surface area (Å²) in [4.78, 5) is 0. The van der Waals surface area contributed by atoms with Gasteiger partial charge in [0.15, 0.2) is 0 Å². The molecular formula is C12H26N2. The van der Waals surface area contributed by atoms with Gasteiger partial charge in [-0.2, -0.15) is 0 Å². The first kappa shape index (κ1) is 12.0. The van der Waals surface area contributed by atoms with E-state index in [0.29, 0.717) is 22.9 Å². The second kappa shape index (κ2) is 3.82. The Kier molecular flexibility index (Phi) is 3.27. The predicted octanol–water partition coefficient (Wildman–Crippen LogP) is 2.01. The number of hydrogen-bond donors (Lipinski definition) is 2. The van der Waals surface area contributed by atoms with Crippen LogP contribution in [0.1, 0.15) is 41.5 Å². The van der Waals surface area contributed by atoms with Gasteiger partial charge in [0.2, 0.25) is 0 Å². The first-order valence-electron chi connectivity index (χ1n) is 5.68. The fourth-order valence-corrected chi connectivity index (χ4v) is 1.89. The van der Waals surface area contributed by atoms with E-state index in [9.17, 15) is 0 Å². The third kappa shape index (κ3) is 2.96. The molecule has 0 unspecified atom stereocenters. The van der Waals surface area contributed by atoms with Crippen molar-refractivity contribution in [3.05, 3.63) is 0 Å². The Morgan fingerprint density at radius 2 is 1.00 bits per heavy atom. The van der Waals surface area contributed by atoms with Gasteiger partial charge in [0.05, 0.1) is 0 Å². The fourth-order valence-electron chi connectivity index (χ4n) is 1.89. The number of nitrogens with one attached hydrogen (secondary N) is 2. The summed E-state index contributed by atoms with van der Waals surface area (Å²) in [6.07, 6.45) is 0. The Morgan fingerprint density at radius 1 is 0.714 bits per heavy atom. The monoisotopic (exact) mass is 198 g/mol. The van der Waals surface area contributed by atoms with E-state index < -0.39 is 0 Å². The summed E-state index contributed by atoms with van der Waals surface area (Å²) < 4.78 is 0. The molecule has 1 aliphatic rings. The highest BCUT2D eigenvalue weighted by molar-refractivity contribution is 4.93. The minimum Gasteiger partial charge on any atom is -0.311 e. The average Bonchev–Trinajstić information content (AvgIpc) is 2.01. The summed E-state index contributed by atoms with van der Waals surface area (Å²) in [5, 5.41) is 7.31. The van der Waals surface area contributed by atoms with Crippen molar-refractivity contribution in [3.63, 3.8) is 0 Å². The van der Waals surface area contributed by atoms with E-state index >= 15 is 0 Å². The van der Waals surface area contributed by atoms with Gasteiger partial charge in [0.25, 0.3) is 0 Å². The molecule has 0 aliphatic carbocycles. The van der Waals surface area contributed by atoms with Crippen LogP contribution in [0.5, 0.6) is 0 Å². The van der Waals surface area contributed by atoms with Crippen LogP contribution >= 0.6 is 0 Å². The van der Waals surface area contributed by atoms with E-state index in [1.807, 2.05) is 0 Å². The van der Waals surface area contributed by atoms with Gasteiger partial charge >= 0.3 is 0 Å². The van der Waals surface area contributed by atoms with Crippen molar-refractivity contribution in [1.82, 2.24) is 10.6 Å². The van der Waals surface area contributed by atoms with E-state index in [1.165, 1.54) is 0 Å². The van der Waals surface area contributed by atoms with E-state index in [1.54, 1.807) is 0 Å². The first-order valence-corrected chi connectivity index (χ1v) is 5.68. The second-order valence-corrected chi connectivity index (χ2v) is 6.65. The molecule has 0 spiro atoms.